The molecule has 0 aliphatic carbocycles. The van der Waals surface area contributed by atoms with Gasteiger partial charge < -0.3 is 10.2 Å². The van der Waals surface area contributed by atoms with Crippen LogP contribution in [0.1, 0.15) is 34.1 Å². The molecule has 0 aromatic carbocycles. The lowest BCUT2D eigenvalue weighted by molar-refractivity contribution is -0.129. The molecule has 0 atom stereocenters. The van der Waals surface area contributed by atoms with Gasteiger partial charge >= 0.3 is 0 Å². The zero-order chi connectivity index (χ0) is 10.7. The van der Waals surface area contributed by atoms with Crippen LogP contribution in [0, 0.1) is 0 Å². The molecule has 3 nitrogen and oxygen atoms in total. The average molecular weight is 188 g/mol. The smallest absolute Gasteiger partial charge is 0.223 e. The van der Waals surface area contributed by atoms with Gasteiger partial charge in [0.05, 0.1) is 0 Å². The molecule has 80 valence electrons. The number of rotatable bonds is 0. The maximum absolute atomic E-state index is 10.9. The Labute approximate surface area is 82.5 Å². The Kier molecular flexibility index (Phi) is 13.1. The van der Waals surface area contributed by atoms with E-state index in [4.69, 9.17) is 0 Å². The van der Waals surface area contributed by atoms with E-state index in [1.807, 2.05) is 34.7 Å². The van der Waals surface area contributed by atoms with Crippen molar-refractivity contribution >= 4 is 5.91 Å². The van der Waals surface area contributed by atoms with E-state index >= 15 is 0 Å². The molecule has 1 aliphatic heterocycles. The minimum absolute atomic E-state index is 0.250. The second kappa shape index (κ2) is 11.4. The number of nitrogens with one attached hydrogen (secondary N) is 1. The fourth-order valence-corrected chi connectivity index (χ4v) is 0.883. The summed E-state index contributed by atoms with van der Waals surface area (Å²) in [6.07, 6.45) is 0.649. The van der Waals surface area contributed by atoms with Crippen LogP contribution in [0.15, 0.2) is 0 Å². The van der Waals surface area contributed by atoms with Crippen LogP contribution in [0.3, 0.4) is 0 Å². The number of carbonyl (C=O) groups is 1. The van der Waals surface area contributed by atoms with Crippen LogP contribution in [0.2, 0.25) is 0 Å². The van der Waals surface area contributed by atoms with Crippen molar-refractivity contribution in [2.24, 2.45) is 0 Å². The molecule has 1 aliphatic rings. The summed E-state index contributed by atoms with van der Waals surface area (Å²) in [4.78, 5) is 12.7. The molecular weight excluding hydrogens is 164 g/mol. The van der Waals surface area contributed by atoms with Gasteiger partial charge in [-0.3, -0.25) is 4.79 Å². The van der Waals surface area contributed by atoms with Gasteiger partial charge in [-0.1, -0.05) is 27.7 Å². The van der Waals surface area contributed by atoms with Gasteiger partial charge in [-0.2, -0.15) is 0 Å². The molecule has 0 bridgehead atoms. The molecule has 1 heterocycles. The summed E-state index contributed by atoms with van der Waals surface area (Å²) < 4.78 is 0. The first-order valence-corrected chi connectivity index (χ1v) is 5.25. The monoisotopic (exact) mass is 188 g/mol. The molecule has 1 amide bonds. The van der Waals surface area contributed by atoms with Crippen LogP contribution in [0.4, 0.5) is 0 Å². The van der Waals surface area contributed by atoms with Gasteiger partial charge in [-0.15, -0.1) is 0 Å². The minimum atomic E-state index is 0.250. The minimum Gasteiger partial charge on any atom is -0.344 e. The molecule has 0 unspecified atom stereocenters. The zero-order valence-corrected chi connectivity index (χ0v) is 9.68. The number of likely N-dealkylation sites (N-methyl/N-ethyl adjacent to an activating group) is 1. The number of nitrogens with zero attached hydrogens (tertiary/aromatic N) is 1. The lowest BCUT2D eigenvalue weighted by atomic mass is 10.4. The first kappa shape index (κ1) is 14.9. The van der Waals surface area contributed by atoms with Crippen LogP contribution in [-0.4, -0.2) is 37.5 Å². The van der Waals surface area contributed by atoms with Crippen molar-refractivity contribution in [1.29, 1.82) is 0 Å². The number of hydrogen-bond donors (Lipinski definition) is 1. The highest BCUT2D eigenvalue weighted by Crippen LogP contribution is 1.91. The van der Waals surface area contributed by atoms with E-state index in [-0.39, 0.29) is 5.91 Å². The van der Waals surface area contributed by atoms with Gasteiger partial charge in [-0.05, 0) is 0 Å². The van der Waals surface area contributed by atoms with Gasteiger partial charge in [-0.25, -0.2) is 0 Å². The van der Waals surface area contributed by atoms with Gasteiger partial charge in [0.15, 0.2) is 0 Å². The predicted octanol–water partition coefficient (Wildman–Crippen LogP) is 1.49. The fourth-order valence-electron chi connectivity index (χ4n) is 0.883. The molecule has 0 aromatic heterocycles. The zero-order valence-electron chi connectivity index (χ0n) is 9.68. The third-order valence-corrected chi connectivity index (χ3v) is 1.57. The number of hydrogen-bond acceptors (Lipinski definition) is 2. The Morgan fingerprint density at radius 1 is 1.15 bits per heavy atom. The summed E-state index contributed by atoms with van der Waals surface area (Å²) in [5, 5.41) is 3.15. The first-order chi connectivity index (χ1) is 6.30. The van der Waals surface area contributed by atoms with E-state index in [1.54, 1.807) is 4.90 Å². The largest absolute Gasteiger partial charge is 0.344 e. The van der Waals surface area contributed by atoms with Crippen LogP contribution in [-0.2, 0) is 4.79 Å². The predicted molar refractivity (Wildman–Crippen MR) is 57.8 cm³/mol. The highest BCUT2D eigenvalue weighted by atomic mass is 16.2. The van der Waals surface area contributed by atoms with E-state index < -0.39 is 0 Å². The Balaban J connectivity index is 0. The maximum atomic E-state index is 10.9. The second-order valence-electron chi connectivity index (χ2n) is 2.32. The molecule has 1 N–H and O–H groups in total. The molecular formula is C10H24N2O. The highest BCUT2D eigenvalue weighted by molar-refractivity contribution is 5.76. The molecule has 0 radical (unpaired) electrons. The van der Waals surface area contributed by atoms with E-state index in [9.17, 15) is 4.79 Å². The SMILES string of the molecule is CC.CC.CN1CCNCCC1=O. The van der Waals surface area contributed by atoms with E-state index in [0.29, 0.717) is 6.42 Å². The molecule has 0 aromatic rings. The molecule has 1 rings (SSSR count). The molecule has 13 heavy (non-hydrogen) atoms. The Hall–Kier alpha value is -0.570. The summed E-state index contributed by atoms with van der Waals surface area (Å²) >= 11 is 0. The maximum Gasteiger partial charge on any atom is 0.223 e. The van der Waals surface area contributed by atoms with Crippen molar-refractivity contribution in [3.63, 3.8) is 0 Å². The van der Waals surface area contributed by atoms with Crippen LogP contribution in [0.5, 0.6) is 0 Å². The first-order valence-electron chi connectivity index (χ1n) is 5.25. The normalized spacial score (nSPS) is 16.1. The van der Waals surface area contributed by atoms with E-state index in [0.717, 1.165) is 19.6 Å². The summed E-state index contributed by atoms with van der Waals surface area (Å²) in [5.74, 6) is 0.250. The standard InChI is InChI=1S/C6H12N2O.2C2H6/c1-8-5-4-7-3-2-6(8)9;2*1-2/h7H,2-5H2,1H3;2*1-2H3. The van der Waals surface area contributed by atoms with E-state index in [1.165, 1.54) is 0 Å². The van der Waals surface area contributed by atoms with Crippen molar-refractivity contribution in [2.45, 2.75) is 34.1 Å². The van der Waals surface area contributed by atoms with Crippen molar-refractivity contribution in [3.05, 3.63) is 0 Å². The lowest BCUT2D eigenvalue weighted by Crippen LogP contribution is -2.27. The second-order valence-corrected chi connectivity index (χ2v) is 2.32. The van der Waals surface area contributed by atoms with Crippen molar-refractivity contribution in [2.75, 3.05) is 26.7 Å². The third kappa shape index (κ3) is 7.78. The van der Waals surface area contributed by atoms with E-state index in [2.05, 4.69) is 5.32 Å². The van der Waals surface area contributed by atoms with Crippen molar-refractivity contribution < 1.29 is 4.79 Å². The fraction of sp³-hybridized carbons (Fsp3) is 0.900. The molecule has 1 fully saturated rings. The number of carbonyl (C=O) groups excluding carboxylic acids is 1. The van der Waals surface area contributed by atoms with Gasteiger partial charge in [0.1, 0.15) is 0 Å². The molecule has 3 heteroatoms. The lowest BCUT2D eigenvalue weighted by Gasteiger charge is -2.11. The van der Waals surface area contributed by atoms with Gasteiger partial charge in [0, 0.05) is 33.1 Å². The third-order valence-electron chi connectivity index (χ3n) is 1.57. The van der Waals surface area contributed by atoms with Gasteiger partial charge in [0.2, 0.25) is 5.91 Å². The summed E-state index contributed by atoms with van der Waals surface area (Å²) in [5.41, 5.74) is 0. The van der Waals surface area contributed by atoms with Crippen LogP contribution < -0.4 is 5.32 Å². The molecule has 0 spiro atoms. The molecule has 0 saturated carbocycles. The Bertz CT molecular complexity index is 115. The molecule has 1 saturated heterocycles. The summed E-state index contributed by atoms with van der Waals surface area (Å²) in [6, 6.07) is 0. The summed E-state index contributed by atoms with van der Waals surface area (Å²) in [6.45, 7) is 10.6. The van der Waals surface area contributed by atoms with Crippen LogP contribution >= 0.6 is 0 Å². The van der Waals surface area contributed by atoms with Crippen molar-refractivity contribution in [1.82, 2.24) is 10.2 Å². The quantitative estimate of drug-likeness (QED) is 0.624. The van der Waals surface area contributed by atoms with Crippen LogP contribution in [0.25, 0.3) is 0 Å². The topological polar surface area (TPSA) is 32.3 Å². The number of amides is 1. The highest BCUT2D eigenvalue weighted by Gasteiger charge is 2.10. The average Bonchev–Trinajstić information content (AvgIpc) is 2.39. The summed E-state index contributed by atoms with van der Waals surface area (Å²) in [7, 11) is 1.84. The Morgan fingerprint density at radius 2 is 1.69 bits per heavy atom. The van der Waals surface area contributed by atoms with Crippen molar-refractivity contribution in [3.8, 4) is 0 Å². The Morgan fingerprint density at radius 3 is 2.23 bits per heavy atom. The van der Waals surface area contributed by atoms with Gasteiger partial charge in [0.25, 0.3) is 0 Å².